The van der Waals surface area contributed by atoms with E-state index in [-0.39, 0.29) is 12.2 Å². The molecular formula is C24H23NO4. The van der Waals surface area contributed by atoms with Gasteiger partial charge in [0.05, 0.1) is 18.4 Å². The first-order chi connectivity index (χ1) is 14.0. The van der Waals surface area contributed by atoms with Gasteiger partial charge in [-0.2, -0.15) is 0 Å². The summed E-state index contributed by atoms with van der Waals surface area (Å²) in [6.45, 7) is 4.38. The number of rotatable bonds is 7. The monoisotopic (exact) mass is 389 g/mol. The summed E-state index contributed by atoms with van der Waals surface area (Å²) in [5.74, 6) is 0.205. The molecule has 3 aromatic rings. The third-order valence-corrected chi connectivity index (χ3v) is 4.61. The van der Waals surface area contributed by atoms with E-state index >= 15 is 0 Å². The number of carboxylic acids is 1. The summed E-state index contributed by atoms with van der Waals surface area (Å²) >= 11 is 0. The molecule has 3 aromatic carbocycles. The topological polar surface area (TPSA) is 68.1 Å². The number of hydrogen-bond donors (Lipinski definition) is 1. The van der Waals surface area contributed by atoms with Crippen LogP contribution in [0.3, 0.4) is 0 Å². The van der Waals surface area contributed by atoms with Crippen molar-refractivity contribution in [2.24, 2.45) is 4.99 Å². The van der Waals surface area contributed by atoms with Crippen molar-refractivity contribution in [2.75, 3.05) is 7.11 Å². The first-order valence-electron chi connectivity index (χ1n) is 9.20. The minimum Gasteiger partial charge on any atom is -0.493 e. The zero-order chi connectivity index (χ0) is 20.8. The smallest absolute Gasteiger partial charge is 0.335 e. The van der Waals surface area contributed by atoms with Crippen LogP contribution in [0.15, 0.2) is 65.7 Å². The van der Waals surface area contributed by atoms with E-state index in [1.165, 1.54) is 11.1 Å². The van der Waals surface area contributed by atoms with Gasteiger partial charge in [0, 0.05) is 6.21 Å². The molecule has 5 nitrogen and oxygen atoms in total. The third kappa shape index (κ3) is 5.23. The van der Waals surface area contributed by atoms with E-state index in [9.17, 15) is 4.79 Å². The van der Waals surface area contributed by atoms with Gasteiger partial charge >= 0.3 is 5.97 Å². The van der Waals surface area contributed by atoms with E-state index in [1.54, 1.807) is 31.5 Å². The second kappa shape index (κ2) is 9.06. The highest BCUT2D eigenvalue weighted by Crippen LogP contribution is 2.29. The molecule has 1 N–H and O–H groups in total. The van der Waals surface area contributed by atoms with E-state index in [0.29, 0.717) is 11.5 Å². The van der Waals surface area contributed by atoms with Gasteiger partial charge in [-0.25, -0.2) is 4.79 Å². The van der Waals surface area contributed by atoms with E-state index in [4.69, 9.17) is 14.6 Å². The van der Waals surface area contributed by atoms with E-state index in [0.717, 1.165) is 16.8 Å². The quantitative estimate of drug-likeness (QED) is 0.554. The summed E-state index contributed by atoms with van der Waals surface area (Å²) in [7, 11) is 1.58. The predicted molar refractivity (Wildman–Crippen MR) is 114 cm³/mol. The summed E-state index contributed by atoms with van der Waals surface area (Å²) in [5, 5.41) is 9.10. The lowest BCUT2D eigenvalue weighted by atomic mass is 10.1. The van der Waals surface area contributed by atoms with Crippen LogP contribution in [0.1, 0.15) is 32.6 Å². The Hall–Kier alpha value is -3.60. The minimum absolute atomic E-state index is 0.232. The largest absolute Gasteiger partial charge is 0.493 e. The van der Waals surface area contributed by atoms with Gasteiger partial charge in [0.25, 0.3) is 0 Å². The highest BCUT2D eigenvalue weighted by atomic mass is 16.5. The first-order valence-corrected chi connectivity index (χ1v) is 9.20. The fourth-order valence-electron chi connectivity index (χ4n) is 2.79. The molecule has 0 saturated heterocycles. The molecule has 148 valence electrons. The molecule has 0 aromatic heterocycles. The lowest BCUT2D eigenvalue weighted by Gasteiger charge is -2.11. The van der Waals surface area contributed by atoms with E-state index in [1.807, 2.05) is 36.4 Å². The number of carboxylic acid groups (broad SMARTS) is 1. The van der Waals surface area contributed by atoms with Crippen LogP contribution in [0.5, 0.6) is 11.5 Å². The van der Waals surface area contributed by atoms with Gasteiger partial charge in [-0.3, -0.25) is 4.99 Å². The molecule has 3 rings (SSSR count). The molecule has 0 bridgehead atoms. The lowest BCUT2D eigenvalue weighted by molar-refractivity contribution is 0.0696. The Morgan fingerprint density at radius 2 is 1.83 bits per heavy atom. The van der Waals surface area contributed by atoms with Gasteiger partial charge in [0.1, 0.15) is 6.61 Å². The molecule has 0 amide bonds. The summed E-state index contributed by atoms with van der Waals surface area (Å²) in [6.07, 6.45) is 1.78. The summed E-state index contributed by atoms with van der Waals surface area (Å²) in [5.41, 5.74) is 5.23. The van der Waals surface area contributed by atoms with Gasteiger partial charge in [0.15, 0.2) is 11.5 Å². The Morgan fingerprint density at radius 1 is 1.00 bits per heavy atom. The maximum atomic E-state index is 11.1. The molecule has 0 unspecified atom stereocenters. The van der Waals surface area contributed by atoms with Crippen LogP contribution >= 0.6 is 0 Å². The molecular weight excluding hydrogens is 366 g/mol. The molecule has 0 heterocycles. The number of aromatic carboxylic acids is 1. The van der Waals surface area contributed by atoms with Crippen LogP contribution < -0.4 is 9.47 Å². The van der Waals surface area contributed by atoms with Gasteiger partial charge in [0.2, 0.25) is 0 Å². The molecule has 0 aliphatic carbocycles. The van der Waals surface area contributed by atoms with Crippen molar-refractivity contribution in [2.45, 2.75) is 20.5 Å². The molecule has 29 heavy (non-hydrogen) atoms. The second-order valence-corrected chi connectivity index (χ2v) is 6.73. The lowest BCUT2D eigenvalue weighted by Crippen LogP contribution is -2.01. The average Bonchev–Trinajstić information content (AvgIpc) is 2.73. The Morgan fingerprint density at radius 3 is 2.55 bits per heavy atom. The predicted octanol–water partition coefficient (Wildman–Crippen LogP) is 5.34. The van der Waals surface area contributed by atoms with Gasteiger partial charge in [-0.15, -0.1) is 0 Å². The molecule has 0 aliphatic rings. The maximum Gasteiger partial charge on any atom is 0.335 e. The van der Waals surface area contributed by atoms with Crippen LogP contribution in [0.2, 0.25) is 0 Å². The molecule has 0 fully saturated rings. The summed E-state index contributed by atoms with van der Waals surface area (Å²) in [6, 6.07) is 18.3. The Kier molecular flexibility index (Phi) is 6.29. The van der Waals surface area contributed by atoms with Crippen LogP contribution in [0.4, 0.5) is 5.69 Å². The maximum absolute atomic E-state index is 11.1. The molecule has 5 heteroatoms. The SMILES string of the molecule is COc1cc(C=Nc2ccc(C)c(C)c2)ccc1OCc1cccc(C(=O)O)c1. The number of aryl methyl sites for hydroxylation is 2. The fourth-order valence-corrected chi connectivity index (χ4v) is 2.79. The standard InChI is InChI=1S/C24H23NO4/c1-16-7-9-21(11-17(16)2)25-14-18-8-10-22(23(13-18)28-3)29-15-19-5-4-6-20(12-19)24(26)27/h4-14H,15H2,1-3H3,(H,26,27). The van der Waals surface area contributed by atoms with Crippen molar-refractivity contribution in [1.82, 2.24) is 0 Å². The van der Waals surface area contributed by atoms with Crippen LogP contribution in [-0.4, -0.2) is 24.4 Å². The van der Waals surface area contributed by atoms with Gasteiger partial charge in [-0.1, -0.05) is 18.2 Å². The average molecular weight is 389 g/mol. The highest BCUT2D eigenvalue weighted by molar-refractivity contribution is 5.87. The zero-order valence-corrected chi connectivity index (χ0v) is 16.7. The number of nitrogens with zero attached hydrogens (tertiary/aromatic N) is 1. The Labute approximate surface area is 170 Å². The number of ether oxygens (including phenoxy) is 2. The fraction of sp³-hybridized carbons (Fsp3) is 0.167. The molecule has 0 spiro atoms. The van der Waals surface area contributed by atoms with E-state index in [2.05, 4.69) is 24.9 Å². The molecule has 0 saturated carbocycles. The van der Waals surface area contributed by atoms with Crippen molar-refractivity contribution < 1.29 is 19.4 Å². The molecule has 0 aliphatic heterocycles. The van der Waals surface area contributed by atoms with Crippen LogP contribution in [0, 0.1) is 13.8 Å². The molecule has 0 radical (unpaired) electrons. The second-order valence-electron chi connectivity index (χ2n) is 6.73. The highest BCUT2D eigenvalue weighted by Gasteiger charge is 2.08. The normalized spacial score (nSPS) is 10.9. The minimum atomic E-state index is -0.961. The number of carbonyl (C=O) groups is 1. The van der Waals surface area contributed by atoms with Crippen molar-refractivity contribution in [3.05, 3.63) is 88.5 Å². The molecule has 0 atom stereocenters. The van der Waals surface area contributed by atoms with Crippen LogP contribution in [0.25, 0.3) is 0 Å². The Balaban J connectivity index is 1.73. The van der Waals surface area contributed by atoms with Crippen LogP contribution in [-0.2, 0) is 6.61 Å². The first kappa shape index (κ1) is 20.1. The van der Waals surface area contributed by atoms with Crippen molar-refractivity contribution in [3.8, 4) is 11.5 Å². The van der Waals surface area contributed by atoms with Crippen molar-refractivity contribution >= 4 is 17.9 Å². The van der Waals surface area contributed by atoms with Crippen molar-refractivity contribution in [1.29, 1.82) is 0 Å². The van der Waals surface area contributed by atoms with E-state index < -0.39 is 5.97 Å². The number of benzene rings is 3. The summed E-state index contributed by atoms with van der Waals surface area (Å²) < 4.78 is 11.3. The number of hydrogen-bond acceptors (Lipinski definition) is 4. The third-order valence-electron chi connectivity index (χ3n) is 4.61. The number of methoxy groups -OCH3 is 1. The van der Waals surface area contributed by atoms with Crippen molar-refractivity contribution in [3.63, 3.8) is 0 Å². The Bertz CT molecular complexity index is 1060. The van der Waals surface area contributed by atoms with Gasteiger partial charge < -0.3 is 14.6 Å². The zero-order valence-electron chi connectivity index (χ0n) is 16.7. The summed E-state index contributed by atoms with van der Waals surface area (Å²) in [4.78, 5) is 15.6. The van der Waals surface area contributed by atoms with Gasteiger partial charge in [-0.05, 0) is 78.6 Å². The number of aliphatic imine (C=N–C) groups is 1.